The van der Waals surface area contributed by atoms with Crippen LogP contribution in [0.25, 0.3) is 11.0 Å². The SMILES string of the molecule is COc1ccc(OCCN(C)Cc2c([C@H]3CCCNC3)[nH]c3ncccc23)cc1. The average molecular weight is 395 g/mol. The number of piperidine rings is 1. The second-order valence-electron chi connectivity index (χ2n) is 7.72. The normalized spacial score (nSPS) is 17.0. The number of rotatable bonds is 8. The summed E-state index contributed by atoms with van der Waals surface area (Å²) in [4.78, 5) is 10.5. The maximum Gasteiger partial charge on any atom is 0.137 e. The van der Waals surface area contributed by atoms with E-state index in [9.17, 15) is 0 Å². The van der Waals surface area contributed by atoms with Crippen LogP contribution < -0.4 is 14.8 Å². The van der Waals surface area contributed by atoms with Crippen LogP contribution in [0.4, 0.5) is 0 Å². The standard InChI is InChI=1S/C23H30N4O2/c1-27(13-14-29-19-9-7-18(28-2)8-10-19)16-21-20-6-4-12-25-23(20)26-22(21)17-5-3-11-24-15-17/h4,6-10,12,17,24H,3,5,11,13-16H2,1-2H3,(H,25,26)/t17-/m0/s1. The van der Waals surface area contributed by atoms with E-state index in [1.54, 1.807) is 7.11 Å². The topological polar surface area (TPSA) is 62.4 Å². The van der Waals surface area contributed by atoms with E-state index >= 15 is 0 Å². The minimum atomic E-state index is 0.525. The molecule has 0 amide bonds. The molecule has 2 aromatic heterocycles. The van der Waals surface area contributed by atoms with Crippen molar-refractivity contribution in [3.8, 4) is 11.5 Å². The maximum absolute atomic E-state index is 5.90. The van der Waals surface area contributed by atoms with Crippen molar-refractivity contribution in [3.05, 3.63) is 53.9 Å². The van der Waals surface area contributed by atoms with Crippen molar-refractivity contribution in [2.45, 2.75) is 25.3 Å². The molecule has 3 aromatic rings. The zero-order valence-electron chi connectivity index (χ0n) is 17.3. The first-order valence-electron chi connectivity index (χ1n) is 10.4. The first-order valence-corrected chi connectivity index (χ1v) is 10.4. The number of hydrogen-bond donors (Lipinski definition) is 2. The summed E-state index contributed by atoms with van der Waals surface area (Å²) in [5.41, 5.74) is 3.70. The number of hydrogen-bond acceptors (Lipinski definition) is 5. The molecule has 1 aliphatic rings. The van der Waals surface area contributed by atoms with Gasteiger partial charge in [-0.1, -0.05) is 0 Å². The smallest absolute Gasteiger partial charge is 0.137 e. The summed E-state index contributed by atoms with van der Waals surface area (Å²) in [6.07, 6.45) is 4.30. The fourth-order valence-corrected chi connectivity index (χ4v) is 4.05. The molecule has 6 nitrogen and oxygen atoms in total. The van der Waals surface area contributed by atoms with Gasteiger partial charge >= 0.3 is 0 Å². The van der Waals surface area contributed by atoms with Gasteiger partial charge in [0, 0.05) is 42.8 Å². The average Bonchev–Trinajstić information content (AvgIpc) is 3.13. The highest BCUT2D eigenvalue weighted by Gasteiger charge is 2.23. The number of pyridine rings is 1. The van der Waals surface area contributed by atoms with Gasteiger partial charge in [0.25, 0.3) is 0 Å². The number of aromatic amines is 1. The van der Waals surface area contributed by atoms with Crippen LogP contribution in [0.5, 0.6) is 11.5 Å². The highest BCUT2D eigenvalue weighted by molar-refractivity contribution is 5.81. The van der Waals surface area contributed by atoms with Crippen LogP contribution in [-0.2, 0) is 6.54 Å². The first-order chi connectivity index (χ1) is 14.2. The van der Waals surface area contributed by atoms with Gasteiger partial charge in [-0.25, -0.2) is 4.98 Å². The highest BCUT2D eigenvalue weighted by atomic mass is 16.5. The largest absolute Gasteiger partial charge is 0.497 e. The summed E-state index contributed by atoms with van der Waals surface area (Å²) in [5.74, 6) is 2.23. The van der Waals surface area contributed by atoms with Crippen LogP contribution in [0.15, 0.2) is 42.6 Å². The molecule has 0 unspecified atom stereocenters. The molecular formula is C23H30N4O2. The minimum absolute atomic E-state index is 0.525. The second-order valence-corrected chi connectivity index (χ2v) is 7.72. The Morgan fingerprint density at radius 2 is 2.00 bits per heavy atom. The summed E-state index contributed by atoms with van der Waals surface area (Å²) in [6, 6.07) is 11.9. The highest BCUT2D eigenvalue weighted by Crippen LogP contribution is 2.31. The van der Waals surface area contributed by atoms with Gasteiger partial charge in [-0.05, 0) is 68.4 Å². The van der Waals surface area contributed by atoms with Crippen molar-refractivity contribution in [1.82, 2.24) is 20.2 Å². The summed E-state index contributed by atoms with van der Waals surface area (Å²) >= 11 is 0. The molecule has 1 saturated heterocycles. The lowest BCUT2D eigenvalue weighted by atomic mass is 9.93. The van der Waals surface area contributed by atoms with E-state index < -0.39 is 0 Å². The third-order valence-corrected chi connectivity index (χ3v) is 5.65. The number of ether oxygens (including phenoxy) is 2. The van der Waals surface area contributed by atoms with Gasteiger partial charge in [-0.3, -0.25) is 4.90 Å². The van der Waals surface area contributed by atoms with Gasteiger partial charge in [0.2, 0.25) is 0 Å². The number of H-pyrrole nitrogens is 1. The molecule has 4 rings (SSSR count). The van der Waals surface area contributed by atoms with Crippen molar-refractivity contribution in [3.63, 3.8) is 0 Å². The van der Waals surface area contributed by atoms with E-state index in [1.165, 1.54) is 29.5 Å². The van der Waals surface area contributed by atoms with E-state index in [1.807, 2.05) is 36.5 Å². The number of nitrogens with zero attached hydrogens (tertiary/aromatic N) is 2. The molecule has 6 heteroatoms. The third kappa shape index (κ3) is 4.71. The summed E-state index contributed by atoms with van der Waals surface area (Å²) in [5, 5.41) is 4.77. The van der Waals surface area contributed by atoms with E-state index in [0.29, 0.717) is 12.5 Å². The Morgan fingerprint density at radius 3 is 2.76 bits per heavy atom. The minimum Gasteiger partial charge on any atom is -0.497 e. The zero-order chi connectivity index (χ0) is 20.1. The van der Waals surface area contributed by atoms with Gasteiger partial charge in [0.05, 0.1) is 7.11 Å². The Bertz CT molecular complexity index is 916. The molecule has 1 fully saturated rings. The summed E-state index contributed by atoms with van der Waals surface area (Å²) < 4.78 is 11.1. The van der Waals surface area contributed by atoms with E-state index in [0.717, 1.165) is 43.3 Å². The first kappa shape index (κ1) is 19.7. The van der Waals surface area contributed by atoms with Crippen LogP contribution in [0.3, 0.4) is 0 Å². The number of likely N-dealkylation sites (N-methyl/N-ethyl adjacent to an activating group) is 1. The quantitative estimate of drug-likeness (QED) is 0.612. The number of fused-ring (bicyclic) bond motifs is 1. The van der Waals surface area contributed by atoms with Crippen molar-refractivity contribution < 1.29 is 9.47 Å². The van der Waals surface area contributed by atoms with Crippen LogP contribution in [0.2, 0.25) is 0 Å². The summed E-state index contributed by atoms with van der Waals surface area (Å²) in [6.45, 7) is 4.52. The fourth-order valence-electron chi connectivity index (χ4n) is 4.05. The molecule has 0 bridgehead atoms. The van der Waals surface area contributed by atoms with E-state index in [4.69, 9.17) is 9.47 Å². The van der Waals surface area contributed by atoms with Gasteiger partial charge < -0.3 is 19.8 Å². The van der Waals surface area contributed by atoms with Crippen molar-refractivity contribution in [1.29, 1.82) is 0 Å². The van der Waals surface area contributed by atoms with Crippen molar-refractivity contribution >= 4 is 11.0 Å². The Morgan fingerprint density at radius 1 is 1.17 bits per heavy atom. The number of nitrogens with one attached hydrogen (secondary N) is 2. The predicted molar refractivity (Wildman–Crippen MR) is 116 cm³/mol. The van der Waals surface area contributed by atoms with Crippen LogP contribution >= 0.6 is 0 Å². The van der Waals surface area contributed by atoms with Crippen molar-refractivity contribution in [2.75, 3.05) is 40.4 Å². The van der Waals surface area contributed by atoms with Gasteiger partial charge in [-0.2, -0.15) is 0 Å². The molecule has 0 spiro atoms. The van der Waals surface area contributed by atoms with E-state index in [-0.39, 0.29) is 0 Å². The molecule has 1 atom stereocenters. The lowest BCUT2D eigenvalue weighted by Crippen LogP contribution is -2.30. The molecule has 1 aliphatic heterocycles. The Kier molecular flexibility index (Phi) is 6.32. The van der Waals surface area contributed by atoms with Crippen LogP contribution in [-0.4, -0.2) is 55.3 Å². The van der Waals surface area contributed by atoms with Gasteiger partial charge in [0.1, 0.15) is 23.8 Å². The molecule has 1 aromatic carbocycles. The molecule has 29 heavy (non-hydrogen) atoms. The zero-order valence-corrected chi connectivity index (χ0v) is 17.3. The Labute approximate surface area is 172 Å². The molecule has 3 heterocycles. The van der Waals surface area contributed by atoms with Crippen molar-refractivity contribution in [2.24, 2.45) is 0 Å². The second kappa shape index (κ2) is 9.29. The Hall–Kier alpha value is -2.57. The fraction of sp³-hybridized carbons (Fsp3) is 0.435. The molecule has 0 saturated carbocycles. The molecule has 0 radical (unpaired) electrons. The summed E-state index contributed by atoms with van der Waals surface area (Å²) in [7, 11) is 3.82. The maximum atomic E-state index is 5.90. The molecule has 154 valence electrons. The number of benzene rings is 1. The molecule has 0 aliphatic carbocycles. The van der Waals surface area contributed by atoms with Gasteiger partial charge in [-0.15, -0.1) is 0 Å². The molecule has 2 N–H and O–H groups in total. The predicted octanol–water partition coefficient (Wildman–Crippen LogP) is 3.55. The van der Waals surface area contributed by atoms with E-state index in [2.05, 4.69) is 33.3 Å². The lowest BCUT2D eigenvalue weighted by Gasteiger charge is -2.24. The number of aromatic nitrogens is 2. The van der Waals surface area contributed by atoms with Crippen LogP contribution in [0.1, 0.15) is 30.0 Å². The number of methoxy groups -OCH3 is 1. The Balaban J connectivity index is 1.42. The van der Waals surface area contributed by atoms with Gasteiger partial charge in [0.15, 0.2) is 0 Å². The third-order valence-electron chi connectivity index (χ3n) is 5.65. The molecular weight excluding hydrogens is 364 g/mol. The monoisotopic (exact) mass is 394 g/mol. The lowest BCUT2D eigenvalue weighted by molar-refractivity contribution is 0.232. The van der Waals surface area contributed by atoms with Crippen LogP contribution in [0, 0.1) is 0 Å².